The lowest BCUT2D eigenvalue weighted by Crippen LogP contribution is -2.35. The van der Waals surface area contributed by atoms with Gasteiger partial charge in [-0.3, -0.25) is 4.79 Å². The van der Waals surface area contributed by atoms with Gasteiger partial charge in [0.15, 0.2) is 0 Å². The fraction of sp³-hybridized carbons (Fsp3) is 0.412. The van der Waals surface area contributed by atoms with E-state index in [-0.39, 0.29) is 5.91 Å². The van der Waals surface area contributed by atoms with Crippen molar-refractivity contribution in [1.82, 2.24) is 20.0 Å². The molecule has 23 heavy (non-hydrogen) atoms. The highest BCUT2D eigenvalue weighted by molar-refractivity contribution is 6.33. The Balaban J connectivity index is 2.11. The lowest BCUT2D eigenvalue weighted by Gasteiger charge is -2.17. The number of aromatic nitrogens is 2. The highest BCUT2D eigenvalue weighted by atomic mass is 35.5. The van der Waals surface area contributed by atoms with E-state index >= 15 is 0 Å². The molecule has 0 saturated carbocycles. The maximum absolute atomic E-state index is 12.4. The number of amides is 1. The average Bonchev–Trinajstić information content (AvgIpc) is 2.87. The zero-order chi connectivity index (χ0) is 16.8. The van der Waals surface area contributed by atoms with Crippen LogP contribution in [-0.4, -0.2) is 46.8 Å². The molecule has 5 nitrogen and oxygen atoms in total. The Hall–Kier alpha value is -1.85. The topological polar surface area (TPSA) is 50.2 Å². The molecular formula is C17H23ClN4O. The molecule has 0 radical (unpaired) electrons. The number of hydrogen-bond acceptors (Lipinski definition) is 3. The van der Waals surface area contributed by atoms with E-state index in [0.29, 0.717) is 23.0 Å². The van der Waals surface area contributed by atoms with Crippen molar-refractivity contribution in [1.29, 1.82) is 0 Å². The average molecular weight is 335 g/mol. The molecule has 2 aromatic rings. The van der Waals surface area contributed by atoms with E-state index in [4.69, 9.17) is 11.6 Å². The summed E-state index contributed by atoms with van der Waals surface area (Å²) in [6, 6.07) is 9.55. The first kappa shape index (κ1) is 17.5. The summed E-state index contributed by atoms with van der Waals surface area (Å²) >= 11 is 6.38. The van der Waals surface area contributed by atoms with Crippen LogP contribution in [-0.2, 0) is 0 Å². The molecule has 1 N–H and O–H groups in total. The predicted molar refractivity (Wildman–Crippen MR) is 93.4 cm³/mol. The quantitative estimate of drug-likeness (QED) is 0.847. The third-order valence-corrected chi connectivity index (χ3v) is 4.19. The van der Waals surface area contributed by atoms with Gasteiger partial charge in [-0.2, -0.15) is 5.10 Å². The van der Waals surface area contributed by atoms with Crippen LogP contribution >= 0.6 is 11.6 Å². The number of nitrogens with zero attached hydrogens (tertiary/aromatic N) is 3. The second kappa shape index (κ2) is 8.13. The van der Waals surface area contributed by atoms with E-state index < -0.39 is 0 Å². The smallest absolute Gasteiger partial charge is 0.256 e. The maximum atomic E-state index is 12.4. The van der Waals surface area contributed by atoms with Gasteiger partial charge >= 0.3 is 0 Å². The van der Waals surface area contributed by atoms with Crippen LogP contribution in [0.1, 0.15) is 29.9 Å². The Kier molecular flexibility index (Phi) is 6.19. The molecule has 124 valence electrons. The molecule has 0 atom stereocenters. The number of para-hydroxylation sites is 1. The summed E-state index contributed by atoms with van der Waals surface area (Å²) in [5, 5.41) is 7.66. The standard InChI is InChI=1S/C17H23ClN4O/c1-4-21(5-2)12-11-19-17(23)15-13(3)20-22(16(15)18)14-9-7-6-8-10-14/h6-10H,4-5,11-12H2,1-3H3,(H,19,23). The highest BCUT2D eigenvalue weighted by Crippen LogP contribution is 2.23. The molecule has 0 saturated heterocycles. The number of halogens is 1. The molecule has 0 aliphatic rings. The van der Waals surface area contributed by atoms with Gasteiger partial charge in [-0.15, -0.1) is 0 Å². The number of benzene rings is 1. The summed E-state index contributed by atoms with van der Waals surface area (Å²) < 4.78 is 1.59. The van der Waals surface area contributed by atoms with Gasteiger partial charge in [-0.25, -0.2) is 4.68 Å². The number of carbonyl (C=O) groups is 1. The monoisotopic (exact) mass is 334 g/mol. The number of aryl methyl sites for hydroxylation is 1. The molecule has 1 amide bonds. The van der Waals surface area contributed by atoms with Crippen LogP contribution in [0.4, 0.5) is 0 Å². The largest absolute Gasteiger partial charge is 0.351 e. The summed E-state index contributed by atoms with van der Waals surface area (Å²) in [7, 11) is 0. The van der Waals surface area contributed by atoms with Gasteiger partial charge in [0.25, 0.3) is 5.91 Å². The summed E-state index contributed by atoms with van der Waals surface area (Å²) in [4.78, 5) is 14.7. The maximum Gasteiger partial charge on any atom is 0.256 e. The SMILES string of the molecule is CCN(CC)CCNC(=O)c1c(C)nn(-c2ccccc2)c1Cl. The van der Waals surface area contributed by atoms with E-state index in [1.54, 1.807) is 11.6 Å². The molecule has 1 aromatic heterocycles. The second-order valence-corrected chi connectivity index (χ2v) is 5.64. The zero-order valence-electron chi connectivity index (χ0n) is 13.8. The first-order valence-corrected chi connectivity index (χ1v) is 8.27. The normalized spacial score (nSPS) is 11.0. The second-order valence-electron chi connectivity index (χ2n) is 5.28. The lowest BCUT2D eigenvalue weighted by molar-refractivity contribution is 0.0948. The minimum absolute atomic E-state index is 0.179. The molecule has 6 heteroatoms. The van der Waals surface area contributed by atoms with Crippen LogP contribution in [0, 0.1) is 6.92 Å². The summed E-state index contributed by atoms with van der Waals surface area (Å²) in [6.07, 6.45) is 0. The minimum atomic E-state index is -0.179. The van der Waals surface area contributed by atoms with Crippen LogP contribution in [0.25, 0.3) is 5.69 Å². The Morgan fingerprint density at radius 2 is 1.91 bits per heavy atom. The number of nitrogens with one attached hydrogen (secondary N) is 1. The van der Waals surface area contributed by atoms with E-state index in [2.05, 4.69) is 29.2 Å². The van der Waals surface area contributed by atoms with Gasteiger partial charge in [-0.05, 0) is 32.1 Å². The molecule has 0 fully saturated rings. The number of hydrogen-bond donors (Lipinski definition) is 1. The molecule has 0 spiro atoms. The van der Waals surface area contributed by atoms with Crippen LogP contribution in [0.15, 0.2) is 30.3 Å². The van der Waals surface area contributed by atoms with Crippen LogP contribution in [0.2, 0.25) is 5.15 Å². The predicted octanol–water partition coefficient (Wildman–Crippen LogP) is 2.91. The van der Waals surface area contributed by atoms with Gasteiger partial charge in [0, 0.05) is 13.1 Å². The molecule has 1 aromatic carbocycles. The van der Waals surface area contributed by atoms with Gasteiger partial charge in [0.2, 0.25) is 0 Å². The van der Waals surface area contributed by atoms with Crippen molar-refractivity contribution in [3.05, 3.63) is 46.7 Å². The lowest BCUT2D eigenvalue weighted by atomic mass is 10.2. The van der Waals surface area contributed by atoms with Gasteiger partial charge < -0.3 is 10.2 Å². The summed E-state index contributed by atoms with van der Waals surface area (Å²) in [6.45, 7) is 9.36. The van der Waals surface area contributed by atoms with Crippen LogP contribution < -0.4 is 5.32 Å². The first-order chi connectivity index (χ1) is 11.1. The Morgan fingerprint density at radius 1 is 1.26 bits per heavy atom. The minimum Gasteiger partial charge on any atom is -0.351 e. The van der Waals surface area contributed by atoms with Crippen molar-refractivity contribution < 1.29 is 4.79 Å². The van der Waals surface area contributed by atoms with Crippen molar-refractivity contribution in [2.24, 2.45) is 0 Å². The van der Waals surface area contributed by atoms with Crippen molar-refractivity contribution in [3.8, 4) is 5.69 Å². The molecule has 1 heterocycles. The molecule has 0 aliphatic carbocycles. The van der Waals surface area contributed by atoms with Crippen LogP contribution in [0.5, 0.6) is 0 Å². The summed E-state index contributed by atoms with van der Waals surface area (Å²) in [5.41, 5.74) is 1.90. The van der Waals surface area contributed by atoms with E-state index in [9.17, 15) is 4.79 Å². The van der Waals surface area contributed by atoms with Crippen LogP contribution in [0.3, 0.4) is 0 Å². The van der Waals surface area contributed by atoms with Gasteiger partial charge in [0.1, 0.15) is 5.15 Å². The van der Waals surface area contributed by atoms with Crippen molar-refractivity contribution in [3.63, 3.8) is 0 Å². The van der Waals surface area contributed by atoms with Crippen molar-refractivity contribution >= 4 is 17.5 Å². The number of carbonyl (C=O) groups excluding carboxylic acids is 1. The third-order valence-electron chi connectivity index (χ3n) is 3.84. The Bertz CT molecular complexity index is 650. The molecule has 2 rings (SSSR count). The van der Waals surface area contributed by atoms with E-state index in [1.807, 2.05) is 30.3 Å². The fourth-order valence-electron chi connectivity index (χ4n) is 2.45. The molecule has 0 bridgehead atoms. The van der Waals surface area contributed by atoms with E-state index in [1.165, 1.54) is 0 Å². The highest BCUT2D eigenvalue weighted by Gasteiger charge is 2.20. The van der Waals surface area contributed by atoms with Gasteiger partial charge in [0.05, 0.1) is 16.9 Å². The van der Waals surface area contributed by atoms with Gasteiger partial charge in [-0.1, -0.05) is 43.6 Å². The van der Waals surface area contributed by atoms with Crippen molar-refractivity contribution in [2.45, 2.75) is 20.8 Å². The Morgan fingerprint density at radius 3 is 2.52 bits per heavy atom. The first-order valence-electron chi connectivity index (χ1n) is 7.89. The zero-order valence-corrected chi connectivity index (χ0v) is 14.6. The number of likely N-dealkylation sites (N-methyl/N-ethyl adjacent to an activating group) is 1. The summed E-state index contributed by atoms with van der Waals surface area (Å²) in [5.74, 6) is -0.179. The molecule has 0 unspecified atom stereocenters. The Labute approximate surface area is 142 Å². The number of rotatable bonds is 7. The fourth-order valence-corrected chi connectivity index (χ4v) is 2.81. The third kappa shape index (κ3) is 4.12. The van der Waals surface area contributed by atoms with E-state index in [0.717, 1.165) is 25.3 Å². The van der Waals surface area contributed by atoms with Crippen molar-refractivity contribution in [2.75, 3.05) is 26.2 Å². The molecular weight excluding hydrogens is 312 g/mol. The molecule has 0 aliphatic heterocycles.